The van der Waals surface area contributed by atoms with E-state index in [4.69, 9.17) is 5.73 Å². The number of hydrogen-bond donors (Lipinski definition) is 1. The Morgan fingerprint density at radius 1 is 1.25 bits per heavy atom. The van der Waals surface area contributed by atoms with Crippen molar-refractivity contribution in [3.8, 4) is 0 Å². The van der Waals surface area contributed by atoms with Gasteiger partial charge in [0.1, 0.15) is 0 Å². The first-order chi connectivity index (χ1) is 9.61. The van der Waals surface area contributed by atoms with Crippen molar-refractivity contribution < 1.29 is 4.79 Å². The fourth-order valence-corrected chi connectivity index (χ4v) is 2.99. The molecule has 0 radical (unpaired) electrons. The second-order valence-corrected chi connectivity index (χ2v) is 6.01. The van der Waals surface area contributed by atoms with Crippen molar-refractivity contribution in [1.82, 2.24) is 4.90 Å². The van der Waals surface area contributed by atoms with Gasteiger partial charge in [-0.3, -0.25) is 4.79 Å². The molecule has 0 aliphatic heterocycles. The molecule has 1 fully saturated rings. The van der Waals surface area contributed by atoms with Crippen molar-refractivity contribution in [2.75, 3.05) is 12.3 Å². The highest BCUT2D eigenvalue weighted by Gasteiger charge is 2.27. The van der Waals surface area contributed by atoms with Crippen LogP contribution in [0.15, 0.2) is 24.3 Å². The van der Waals surface area contributed by atoms with E-state index < -0.39 is 0 Å². The molecular formula is C17H26N2O. The van der Waals surface area contributed by atoms with Crippen molar-refractivity contribution in [2.24, 2.45) is 11.8 Å². The minimum atomic E-state index is 0.219. The average molecular weight is 274 g/mol. The molecule has 3 heteroatoms. The van der Waals surface area contributed by atoms with Crippen molar-refractivity contribution in [1.29, 1.82) is 0 Å². The number of hydrogen-bond acceptors (Lipinski definition) is 2. The fraction of sp³-hybridized carbons (Fsp3) is 0.588. The molecule has 2 N–H and O–H groups in total. The van der Waals surface area contributed by atoms with E-state index in [1.807, 2.05) is 36.1 Å². The lowest BCUT2D eigenvalue weighted by atomic mass is 9.82. The van der Waals surface area contributed by atoms with Crippen molar-refractivity contribution in [3.05, 3.63) is 29.8 Å². The van der Waals surface area contributed by atoms with Crippen LogP contribution >= 0.6 is 0 Å². The van der Waals surface area contributed by atoms with E-state index in [1.54, 1.807) is 0 Å². The summed E-state index contributed by atoms with van der Waals surface area (Å²) in [5, 5.41) is 0. The van der Waals surface area contributed by atoms with Crippen LogP contribution in [-0.2, 0) is 11.3 Å². The summed E-state index contributed by atoms with van der Waals surface area (Å²) < 4.78 is 0. The maximum Gasteiger partial charge on any atom is 0.225 e. The maximum atomic E-state index is 12.6. The van der Waals surface area contributed by atoms with Gasteiger partial charge in [0.25, 0.3) is 0 Å². The van der Waals surface area contributed by atoms with Gasteiger partial charge in [-0.1, -0.05) is 25.1 Å². The molecule has 0 aromatic heterocycles. The van der Waals surface area contributed by atoms with Crippen LogP contribution in [0.25, 0.3) is 0 Å². The van der Waals surface area contributed by atoms with E-state index in [0.29, 0.717) is 12.5 Å². The first-order valence-electron chi connectivity index (χ1n) is 7.74. The highest BCUT2D eigenvalue weighted by Crippen LogP contribution is 2.30. The average Bonchev–Trinajstić information content (AvgIpc) is 2.46. The Bertz CT molecular complexity index is 450. The summed E-state index contributed by atoms with van der Waals surface area (Å²) >= 11 is 0. The number of nitrogens with two attached hydrogens (primary N) is 1. The molecule has 3 nitrogen and oxygen atoms in total. The lowest BCUT2D eigenvalue weighted by molar-refractivity contribution is -0.137. The largest absolute Gasteiger partial charge is 0.398 e. The van der Waals surface area contributed by atoms with E-state index in [-0.39, 0.29) is 5.92 Å². The molecule has 0 heterocycles. The third-order valence-electron chi connectivity index (χ3n) is 4.47. The lowest BCUT2D eigenvalue weighted by Crippen LogP contribution is -2.37. The first-order valence-corrected chi connectivity index (χ1v) is 7.74. The number of para-hydroxylation sites is 1. The number of amides is 1. The van der Waals surface area contributed by atoms with Crippen LogP contribution in [0.2, 0.25) is 0 Å². The number of nitrogens with zero attached hydrogens (tertiary/aromatic N) is 1. The molecule has 1 aliphatic carbocycles. The molecule has 1 aromatic rings. The van der Waals surface area contributed by atoms with Crippen LogP contribution < -0.4 is 5.73 Å². The highest BCUT2D eigenvalue weighted by atomic mass is 16.2. The summed E-state index contributed by atoms with van der Waals surface area (Å²) in [5.41, 5.74) is 7.80. The van der Waals surface area contributed by atoms with Crippen LogP contribution in [0, 0.1) is 11.8 Å². The van der Waals surface area contributed by atoms with Crippen LogP contribution in [0.4, 0.5) is 5.69 Å². The third-order valence-corrected chi connectivity index (χ3v) is 4.47. The fourth-order valence-electron chi connectivity index (χ4n) is 2.99. The topological polar surface area (TPSA) is 46.3 Å². The Morgan fingerprint density at radius 2 is 1.90 bits per heavy atom. The summed E-state index contributed by atoms with van der Waals surface area (Å²) in [6, 6.07) is 7.82. The second-order valence-electron chi connectivity index (χ2n) is 6.01. The molecule has 110 valence electrons. The van der Waals surface area contributed by atoms with E-state index in [0.717, 1.165) is 36.6 Å². The summed E-state index contributed by atoms with van der Waals surface area (Å²) in [4.78, 5) is 14.6. The first kappa shape index (κ1) is 14.9. The van der Waals surface area contributed by atoms with Gasteiger partial charge in [-0.2, -0.15) is 0 Å². The Balaban J connectivity index is 2.01. The van der Waals surface area contributed by atoms with Crippen LogP contribution in [0.3, 0.4) is 0 Å². The van der Waals surface area contributed by atoms with Gasteiger partial charge in [0.15, 0.2) is 0 Å². The van der Waals surface area contributed by atoms with E-state index in [1.165, 1.54) is 12.8 Å². The normalized spacial score (nSPS) is 22.5. The van der Waals surface area contributed by atoms with Gasteiger partial charge in [-0.25, -0.2) is 0 Å². The molecule has 20 heavy (non-hydrogen) atoms. The molecule has 2 rings (SSSR count). The van der Waals surface area contributed by atoms with Crippen molar-refractivity contribution in [3.63, 3.8) is 0 Å². The van der Waals surface area contributed by atoms with E-state index >= 15 is 0 Å². The smallest absolute Gasteiger partial charge is 0.225 e. The Kier molecular flexibility index (Phi) is 5.05. The lowest BCUT2D eigenvalue weighted by Gasteiger charge is -2.30. The molecule has 1 amide bonds. The van der Waals surface area contributed by atoms with Crippen LogP contribution in [-0.4, -0.2) is 17.4 Å². The zero-order valence-electron chi connectivity index (χ0n) is 12.6. The van der Waals surface area contributed by atoms with Gasteiger partial charge in [-0.15, -0.1) is 0 Å². The monoisotopic (exact) mass is 274 g/mol. The molecule has 1 saturated carbocycles. The Morgan fingerprint density at radius 3 is 2.50 bits per heavy atom. The number of anilines is 1. The number of benzene rings is 1. The van der Waals surface area contributed by atoms with Crippen LogP contribution in [0.1, 0.15) is 45.1 Å². The van der Waals surface area contributed by atoms with Crippen LogP contribution in [0.5, 0.6) is 0 Å². The maximum absolute atomic E-state index is 12.6. The van der Waals surface area contributed by atoms with Gasteiger partial charge in [0.2, 0.25) is 5.91 Å². The summed E-state index contributed by atoms with van der Waals surface area (Å²) in [7, 11) is 0. The zero-order valence-corrected chi connectivity index (χ0v) is 12.6. The van der Waals surface area contributed by atoms with Gasteiger partial charge >= 0.3 is 0 Å². The summed E-state index contributed by atoms with van der Waals surface area (Å²) in [6.07, 6.45) is 4.45. The second kappa shape index (κ2) is 6.78. The Hall–Kier alpha value is -1.51. The molecule has 0 spiro atoms. The summed E-state index contributed by atoms with van der Waals surface area (Å²) in [5.74, 6) is 1.30. The number of rotatable bonds is 4. The Labute approximate surface area is 122 Å². The summed E-state index contributed by atoms with van der Waals surface area (Å²) in [6.45, 7) is 5.71. The number of nitrogen functional groups attached to an aromatic ring is 1. The minimum Gasteiger partial charge on any atom is -0.398 e. The minimum absolute atomic E-state index is 0.219. The van der Waals surface area contributed by atoms with Gasteiger partial charge in [0, 0.05) is 24.7 Å². The third kappa shape index (κ3) is 3.53. The molecule has 1 aromatic carbocycles. The number of carbonyl (C=O) groups excluding carboxylic acids is 1. The van der Waals surface area contributed by atoms with Crippen molar-refractivity contribution >= 4 is 11.6 Å². The molecular weight excluding hydrogens is 248 g/mol. The van der Waals surface area contributed by atoms with E-state index in [2.05, 4.69) is 6.92 Å². The predicted molar refractivity (Wildman–Crippen MR) is 83.1 cm³/mol. The van der Waals surface area contributed by atoms with Gasteiger partial charge < -0.3 is 10.6 Å². The van der Waals surface area contributed by atoms with Gasteiger partial charge in [0.05, 0.1) is 0 Å². The van der Waals surface area contributed by atoms with Gasteiger partial charge in [-0.05, 0) is 50.2 Å². The SMILES string of the molecule is CCN(Cc1ccccc1N)C(=O)C1CCC(C)CC1. The molecule has 1 aliphatic rings. The van der Waals surface area contributed by atoms with Crippen molar-refractivity contribution in [2.45, 2.75) is 46.1 Å². The molecule has 0 saturated heterocycles. The number of carbonyl (C=O) groups is 1. The quantitative estimate of drug-likeness (QED) is 0.855. The van der Waals surface area contributed by atoms with E-state index in [9.17, 15) is 4.79 Å². The zero-order chi connectivity index (χ0) is 14.5. The molecule has 0 bridgehead atoms. The molecule has 0 atom stereocenters. The predicted octanol–water partition coefficient (Wildman–Crippen LogP) is 3.44. The molecule has 0 unspecified atom stereocenters. The standard InChI is InChI=1S/C17H26N2O/c1-3-19(12-15-6-4-5-7-16(15)18)17(20)14-10-8-13(2)9-11-14/h4-7,13-14H,3,8-12,18H2,1-2H3. The highest BCUT2D eigenvalue weighted by molar-refractivity contribution is 5.79.